The SMILES string of the molecule is Cn1nccc1CC[B-](F)(F)F.[K+]. The van der Waals surface area contributed by atoms with E-state index in [4.69, 9.17) is 0 Å². The first-order valence-electron chi connectivity index (χ1n) is 3.67. The summed E-state index contributed by atoms with van der Waals surface area (Å²) in [5.41, 5.74) is 0.620. The summed E-state index contributed by atoms with van der Waals surface area (Å²) in [6, 6.07) is 1.60. The first kappa shape index (κ1) is 13.7. The quantitative estimate of drug-likeness (QED) is 0.581. The molecule has 7 heteroatoms. The number of aromatic nitrogens is 2. The van der Waals surface area contributed by atoms with Gasteiger partial charge in [-0.15, -0.1) is 0 Å². The monoisotopic (exact) mass is 216 g/mol. The van der Waals surface area contributed by atoms with Crippen molar-refractivity contribution in [3.05, 3.63) is 18.0 Å². The molecule has 0 aromatic carbocycles. The van der Waals surface area contributed by atoms with Gasteiger partial charge in [-0.05, 0) is 12.5 Å². The molecule has 1 heterocycles. The van der Waals surface area contributed by atoms with Crippen LogP contribution in [0.15, 0.2) is 12.3 Å². The molecule has 0 aliphatic rings. The maximum Gasteiger partial charge on any atom is 1.00 e. The molecule has 0 atom stereocenters. The van der Waals surface area contributed by atoms with Crippen LogP contribution in [0.1, 0.15) is 5.69 Å². The van der Waals surface area contributed by atoms with E-state index < -0.39 is 13.3 Å². The Morgan fingerprint density at radius 1 is 1.46 bits per heavy atom. The molecule has 13 heavy (non-hydrogen) atoms. The van der Waals surface area contributed by atoms with Gasteiger partial charge in [-0.2, -0.15) is 5.10 Å². The average Bonchev–Trinajstić information content (AvgIpc) is 2.29. The van der Waals surface area contributed by atoms with Gasteiger partial charge in [0.05, 0.1) is 0 Å². The molecule has 0 N–H and O–H groups in total. The summed E-state index contributed by atoms with van der Waals surface area (Å²) >= 11 is 0. The average molecular weight is 216 g/mol. The van der Waals surface area contributed by atoms with Crippen LogP contribution in [0.5, 0.6) is 0 Å². The molecule has 0 fully saturated rings. The summed E-state index contributed by atoms with van der Waals surface area (Å²) in [4.78, 5) is 0. The number of hydrogen-bond acceptors (Lipinski definition) is 1. The standard InChI is InChI=1S/C6H9BF3N2.K/c1-12-6(3-5-11-12)2-4-7(8,9)10;/h3,5H,2,4H2,1H3;/q-1;+1. The van der Waals surface area contributed by atoms with Gasteiger partial charge in [0.15, 0.2) is 0 Å². The van der Waals surface area contributed by atoms with Gasteiger partial charge in [0, 0.05) is 18.9 Å². The Morgan fingerprint density at radius 3 is 2.46 bits per heavy atom. The normalized spacial score (nSPS) is 11.1. The maximum absolute atomic E-state index is 11.8. The molecule has 0 bridgehead atoms. The van der Waals surface area contributed by atoms with Crippen LogP contribution in [0.2, 0.25) is 6.32 Å². The first-order valence-corrected chi connectivity index (χ1v) is 3.67. The van der Waals surface area contributed by atoms with Gasteiger partial charge in [0.25, 0.3) is 0 Å². The Hall–Kier alpha value is 0.701. The zero-order valence-corrected chi connectivity index (χ0v) is 10.8. The summed E-state index contributed by atoms with van der Waals surface area (Å²) in [5.74, 6) is 0. The zero-order chi connectivity index (χ0) is 9.19. The van der Waals surface area contributed by atoms with Crippen LogP contribution in [0.25, 0.3) is 0 Å². The van der Waals surface area contributed by atoms with Crippen molar-refractivity contribution in [1.82, 2.24) is 9.78 Å². The molecule has 1 aromatic rings. The summed E-state index contributed by atoms with van der Waals surface area (Å²) in [6.45, 7) is -4.66. The number of nitrogens with zero attached hydrogens (tertiary/aromatic N) is 2. The Labute approximate surface area is 117 Å². The molecule has 68 valence electrons. The van der Waals surface area contributed by atoms with E-state index in [2.05, 4.69) is 5.10 Å². The van der Waals surface area contributed by atoms with Crippen LogP contribution in [0.3, 0.4) is 0 Å². The third-order valence-corrected chi connectivity index (χ3v) is 1.65. The molecule has 0 saturated carbocycles. The van der Waals surface area contributed by atoms with E-state index in [1.165, 1.54) is 10.9 Å². The molecule has 0 unspecified atom stereocenters. The molecular formula is C6H9BF3KN2. The van der Waals surface area contributed by atoms with Crippen molar-refractivity contribution >= 4 is 6.98 Å². The summed E-state index contributed by atoms with van der Waals surface area (Å²) in [5, 5.41) is 3.77. The fourth-order valence-electron chi connectivity index (χ4n) is 0.958. The Kier molecular flexibility index (Phi) is 5.85. The summed E-state index contributed by atoms with van der Waals surface area (Å²) in [6.07, 6.45) is 0.804. The molecule has 1 aromatic heterocycles. The van der Waals surface area contributed by atoms with Gasteiger partial charge < -0.3 is 12.9 Å². The molecule has 0 saturated heterocycles. The predicted octanol–water partition coefficient (Wildman–Crippen LogP) is -1.19. The van der Waals surface area contributed by atoms with E-state index >= 15 is 0 Å². The molecule has 0 amide bonds. The van der Waals surface area contributed by atoms with E-state index in [0.717, 1.165) is 0 Å². The van der Waals surface area contributed by atoms with Crippen molar-refractivity contribution in [3.8, 4) is 0 Å². The molecule has 0 aliphatic carbocycles. The van der Waals surface area contributed by atoms with Crippen LogP contribution in [-0.4, -0.2) is 16.8 Å². The second kappa shape index (κ2) is 5.55. The zero-order valence-electron chi connectivity index (χ0n) is 7.67. The molecular weight excluding hydrogens is 207 g/mol. The van der Waals surface area contributed by atoms with Gasteiger partial charge in [0.1, 0.15) is 0 Å². The Balaban J connectivity index is 0.00000144. The van der Waals surface area contributed by atoms with Crippen molar-refractivity contribution in [2.75, 3.05) is 0 Å². The molecule has 0 spiro atoms. The van der Waals surface area contributed by atoms with Crippen LogP contribution < -0.4 is 51.4 Å². The molecule has 1 rings (SSSR count). The summed E-state index contributed by atoms with van der Waals surface area (Å²) in [7, 11) is 1.64. The van der Waals surface area contributed by atoms with Crippen molar-refractivity contribution < 1.29 is 64.3 Å². The van der Waals surface area contributed by atoms with Crippen molar-refractivity contribution in [2.24, 2.45) is 7.05 Å². The van der Waals surface area contributed by atoms with Crippen molar-refractivity contribution in [2.45, 2.75) is 12.7 Å². The van der Waals surface area contributed by atoms with Gasteiger partial charge in [-0.3, -0.25) is 4.68 Å². The van der Waals surface area contributed by atoms with Gasteiger partial charge >= 0.3 is 58.4 Å². The predicted molar refractivity (Wildman–Crippen MR) is 40.8 cm³/mol. The van der Waals surface area contributed by atoms with Crippen LogP contribution in [-0.2, 0) is 13.5 Å². The Bertz CT molecular complexity index is 261. The second-order valence-corrected chi connectivity index (χ2v) is 2.70. The minimum absolute atomic E-state index is 0. The third kappa shape index (κ3) is 5.21. The van der Waals surface area contributed by atoms with E-state index in [1.54, 1.807) is 13.1 Å². The van der Waals surface area contributed by atoms with Crippen LogP contribution in [0, 0.1) is 0 Å². The molecule has 2 nitrogen and oxygen atoms in total. The van der Waals surface area contributed by atoms with E-state index in [1.807, 2.05) is 0 Å². The fourth-order valence-corrected chi connectivity index (χ4v) is 0.958. The van der Waals surface area contributed by atoms with E-state index in [0.29, 0.717) is 5.69 Å². The van der Waals surface area contributed by atoms with E-state index in [-0.39, 0.29) is 57.8 Å². The summed E-state index contributed by atoms with van der Waals surface area (Å²) < 4.78 is 36.9. The number of aryl methyl sites for hydroxylation is 2. The molecule has 0 radical (unpaired) electrons. The fraction of sp³-hybridized carbons (Fsp3) is 0.500. The first-order chi connectivity index (χ1) is 5.49. The van der Waals surface area contributed by atoms with Gasteiger partial charge in [-0.1, -0.05) is 6.32 Å². The van der Waals surface area contributed by atoms with E-state index in [9.17, 15) is 12.9 Å². The number of hydrogen-bond donors (Lipinski definition) is 0. The second-order valence-electron chi connectivity index (χ2n) is 2.70. The third-order valence-electron chi connectivity index (χ3n) is 1.65. The largest absolute Gasteiger partial charge is 1.00 e. The van der Waals surface area contributed by atoms with Gasteiger partial charge in [0.2, 0.25) is 0 Å². The van der Waals surface area contributed by atoms with Gasteiger partial charge in [-0.25, -0.2) is 0 Å². The van der Waals surface area contributed by atoms with Crippen LogP contribution >= 0.6 is 0 Å². The van der Waals surface area contributed by atoms with Crippen molar-refractivity contribution in [1.29, 1.82) is 0 Å². The topological polar surface area (TPSA) is 17.8 Å². The Morgan fingerprint density at radius 2 is 2.08 bits per heavy atom. The minimum atomic E-state index is -4.66. The number of halogens is 3. The van der Waals surface area contributed by atoms with Crippen LogP contribution in [0.4, 0.5) is 12.9 Å². The molecule has 0 aliphatic heterocycles. The number of rotatable bonds is 3. The maximum atomic E-state index is 11.8. The van der Waals surface area contributed by atoms with Crippen molar-refractivity contribution in [3.63, 3.8) is 0 Å². The smallest absolute Gasteiger partial charge is 0.449 e. The minimum Gasteiger partial charge on any atom is -0.449 e.